The molecular formula is C19H19NO4. The summed E-state index contributed by atoms with van der Waals surface area (Å²) in [6, 6.07) is 14.1. The van der Waals surface area contributed by atoms with Gasteiger partial charge < -0.3 is 5.11 Å². The highest BCUT2D eigenvalue weighted by atomic mass is 16.7. The smallest absolute Gasteiger partial charge is 0.335 e. The number of hydrogen-bond donors (Lipinski definition) is 1. The van der Waals surface area contributed by atoms with Crippen molar-refractivity contribution < 1.29 is 19.5 Å². The molecule has 0 aliphatic heterocycles. The Labute approximate surface area is 140 Å². The van der Waals surface area contributed by atoms with Crippen LogP contribution in [0.1, 0.15) is 38.3 Å². The predicted octanol–water partition coefficient (Wildman–Crippen LogP) is 2.95. The van der Waals surface area contributed by atoms with Gasteiger partial charge in [0.1, 0.15) is 0 Å². The number of rotatable bonds is 4. The van der Waals surface area contributed by atoms with Gasteiger partial charge in [-0.2, -0.15) is 0 Å². The van der Waals surface area contributed by atoms with E-state index in [0.717, 1.165) is 19.3 Å². The molecule has 1 aliphatic rings. The summed E-state index contributed by atoms with van der Waals surface area (Å²) in [5.41, 5.74) is 3.13. The van der Waals surface area contributed by atoms with Gasteiger partial charge in [-0.1, -0.05) is 24.3 Å². The van der Waals surface area contributed by atoms with Gasteiger partial charge in [-0.05, 0) is 54.7 Å². The minimum absolute atomic E-state index is 0.0310. The number of aryl methyl sites for hydroxylation is 1. The maximum atomic E-state index is 12.7. The maximum Gasteiger partial charge on any atom is 0.335 e. The van der Waals surface area contributed by atoms with E-state index in [9.17, 15) is 9.59 Å². The molecule has 2 aromatic rings. The molecule has 0 fully saturated rings. The van der Waals surface area contributed by atoms with Crippen molar-refractivity contribution in [1.29, 1.82) is 0 Å². The number of nitrogens with zero attached hydrogens (tertiary/aromatic N) is 1. The molecular weight excluding hydrogens is 306 g/mol. The fourth-order valence-corrected chi connectivity index (χ4v) is 3.16. The second-order valence-electron chi connectivity index (χ2n) is 5.86. The van der Waals surface area contributed by atoms with E-state index in [4.69, 9.17) is 9.94 Å². The van der Waals surface area contributed by atoms with Crippen molar-refractivity contribution >= 4 is 11.9 Å². The third kappa shape index (κ3) is 3.16. The Balaban J connectivity index is 1.79. The van der Waals surface area contributed by atoms with E-state index in [1.54, 1.807) is 0 Å². The first kappa shape index (κ1) is 16.2. The minimum Gasteiger partial charge on any atom is -0.478 e. The summed E-state index contributed by atoms with van der Waals surface area (Å²) in [6.45, 7) is 0. The fraction of sp³-hybridized carbons (Fsp3) is 0.263. The van der Waals surface area contributed by atoms with Gasteiger partial charge in [0, 0.05) is 5.56 Å². The second kappa shape index (κ2) is 6.84. The van der Waals surface area contributed by atoms with Gasteiger partial charge in [-0.3, -0.25) is 9.63 Å². The molecule has 0 aromatic heterocycles. The molecule has 24 heavy (non-hydrogen) atoms. The largest absolute Gasteiger partial charge is 0.478 e. The summed E-state index contributed by atoms with van der Waals surface area (Å²) in [4.78, 5) is 29.0. The topological polar surface area (TPSA) is 66.8 Å². The second-order valence-corrected chi connectivity index (χ2v) is 5.86. The average Bonchev–Trinajstić information content (AvgIpc) is 2.62. The Morgan fingerprint density at radius 3 is 2.29 bits per heavy atom. The van der Waals surface area contributed by atoms with Crippen molar-refractivity contribution in [2.45, 2.75) is 25.3 Å². The Hall–Kier alpha value is -2.66. The first-order chi connectivity index (χ1) is 11.6. The molecule has 124 valence electrons. The fourth-order valence-electron chi connectivity index (χ4n) is 3.16. The quantitative estimate of drug-likeness (QED) is 0.878. The summed E-state index contributed by atoms with van der Waals surface area (Å²) in [7, 11) is 1.49. The van der Waals surface area contributed by atoms with Gasteiger partial charge >= 0.3 is 5.97 Å². The number of carboxylic acids is 1. The molecule has 5 nitrogen and oxygen atoms in total. The number of hydrogen-bond acceptors (Lipinski definition) is 3. The van der Waals surface area contributed by atoms with Crippen LogP contribution in [0.5, 0.6) is 0 Å². The number of aromatic carboxylic acids is 1. The lowest BCUT2D eigenvalue weighted by Gasteiger charge is -2.33. The van der Waals surface area contributed by atoms with Crippen LogP contribution < -0.4 is 0 Å². The van der Waals surface area contributed by atoms with Crippen LogP contribution in [0, 0.1) is 0 Å². The lowest BCUT2D eigenvalue weighted by atomic mass is 9.88. The molecule has 1 unspecified atom stereocenters. The van der Waals surface area contributed by atoms with Crippen LogP contribution in [0.2, 0.25) is 0 Å². The van der Waals surface area contributed by atoms with Crippen LogP contribution in [-0.4, -0.2) is 35.2 Å². The molecule has 0 spiro atoms. The van der Waals surface area contributed by atoms with Gasteiger partial charge in [0.25, 0.3) is 5.91 Å². The van der Waals surface area contributed by atoms with Gasteiger partial charge in [0.2, 0.25) is 0 Å². The summed E-state index contributed by atoms with van der Waals surface area (Å²) < 4.78 is 0. The summed E-state index contributed by atoms with van der Waals surface area (Å²) in [5, 5.41) is 10.4. The van der Waals surface area contributed by atoms with E-state index in [1.807, 2.05) is 12.1 Å². The third-order valence-corrected chi connectivity index (χ3v) is 4.43. The van der Waals surface area contributed by atoms with Crippen molar-refractivity contribution in [1.82, 2.24) is 5.06 Å². The minimum atomic E-state index is -1.01. The van der Waals surface area contributed by atoms with Crippen LogP contribution in [0.25, 0.3) is 0 Å². The van der Waals surface area contributed by atoms with Crippen molar-refractivity contribution in [3.05, 3.63) is 70.8 Å². The number of carbonyl (C=O) groups is 2. The van der Waals surface area contributed by atoms with Crippen molar-refractivity contribution in [3.8, 4) is 0 Å². The monoisotopic (exact) mass is 325 g/mol. The highest BCUT2D eigenvalue weighted by Gasteiger charge is 2.28. The van der Waals surface area contributed by atoms with Gasteiger partial charge in [0.05, 0.1) is 18.7 Å². The van der Waals surface area contributed by atoms with Crippen molar-refractivity contribution in [3.63, 3.8) is 0 Å². The van der Waals surface area contributed by atoms with E-state index in [2.05, 4.69) is 12.1 Å². The maximum absolute atomic E-state index is 12.7. The number of carboxylic acid groups (broad SMARTS) is 1. The Bertz CT molecular complexity index is 754. The molecule has 0 bridgehead atoms. The van der Waals surface area contributed by atoms with Crippen LogP contribution in [0.4, 0.5) is 0 Å². The van der Waals surface area contributed by atoms with Gasteiger partial charge in [-0.25, -0.2) is 9.86 Å². The number of hydroxylamine groups is 2. The molecule has 1 atom stereocenters. The van der Waals surface area contributed by atoms with Crippen LogP contribution in [-0.2, 0) is 17.7 Å². The van der Waals surface area contributed by atoms with E-state index < -0.39 is 5.97 Å². The molecule has 0 saturated heterocycles. The Morgan fingerprint density at radius 2 is 1.67 bits per heavy atom. The number of fused-ring (bicyclic) bond motifs is 1. The van der Waals surface area contributed by atoms with E-state index in [0.29, 0.717) is 5.56 Å². The predicted molar refractivity (Wildman–Crippen MR) is 88.8 cm³/mol. The zero-order valence-electron chi connectivity index (χ0n) is 13.4. The third-order valence-electron chi connectivity index (χ3n) is 4.43. The zero-order chi connectivity index (χ0) is 17.1. The molecule has 3 rings (SSSR count). The molecule has 1 N–H and O–H groups in total. The molecule has 0 heterocycles. The molecule has 0 saturated carbocycles. The van der Waals surface area contributed by atoms with Crippen LogP contribution in [0.3, 0.4) is 0 Å². The number of amides is 1. The Morgan fingerprint density at radius 1 is 1.04 bits per heavy atom. The SMILES string of the molecule is CON(C(=O)c1ccc(C(=O)O)cc1)C1CCc2ccccc2C1. The van der Waals surface area contributed by atoms with E-state index in [-0.39, 0.29) is 17.5 Å². The zero-order valence-corrected chi connectivity index (χ0v) is 13.4. The summed E-state index contributed by atoms with van der Waals surface area (Å²) >= 11 is 0. The number of benzene rings is 2. The first-order valence-electron chi connectivity index (χ1n) is 7.88. The molecule has 0 radical (unpaired) electrons. The highest BCUT2D eigenvalue weighted by Crippen LogP contribution is 2.25. The van der Waals surface area contributed by atoms with Gasteiger partial charge in [-0.15, -0.1) is 0 Å². The van der Waals surface area contributed by atoms with Crippen molar-refractivity contribution in [2.24, 2.45) is 0 Å². The lowest BCUT2D eigenvalue weighted by molar-refractivity contribution is -0.125. The summed E-state index contributed by atoms with van der Waals surface area (Å²) in [6.07, 6.45) is 2.50. The molecule has 5 heteroatoms. The molecule has 1 amide bonds. The molecule has 1 aliphatic carbocycles. The molecule has 2 aromatic carbocycles. The van der Waals surface area contributed by atoms with Crippen LogP contribution in [0.15, 0.2) is 48.5 Å². The van der Waals surface area contributed by atoms with Crippen molar-refractivity contribution in [2.75, 3.05) is 7.11 Å². The summed E-state index contributed by atoms with van der Waals surface area (Å²) in [5.74, 6) is -1.26. The van der Waals surface area contributed by atoms with Crippen LogP contribution >= 0.6 is 0 Å². The van der Waals surface area contributed by atoms with Gasteiger partial charge in [0.15, 0.2) is 0 Å². The highest BCUT2D eigenvalue weighted by molar-refractivity contribution is 5.95. The average molecular weight is 325 g/mol. The van der Waals surface area contributed by atoms with E-state index in [1.165, 1.54) is 47.6 Å². The normalized spacial score (nSPS) is 16.3. The standard InChI is InChI=1S/C19H19NO4/c1-24-20(17-11-10-13-4-2-3-5-16(13)12-17)18(21)14-6-8-15(9-7-14)19(22)23/h2-9,17H,10-12H2,1H3,(H,22,23). The van der Waals surface area contributed by atoms with E-state index >= 15 is 0 Å². The first-order valence-corrected chi connectivity index (χ1v) is 7.88. The Kier molecular flexibility index (Phi) is 4.62. The number of carbonyl (C=O) groups excluding carboxylic acids is 1. The lowest BCUT2D eigenvalue weighted by Crippen LogP contribution is -2.42.